The lowest BCUT2D eigenvalue weighted by atomic mass is 9.94. The lowest BCUT2D eigenvalue weighted by Gasteiger charge is -2.32. The lowest BCUT2D eigenvalue weighted by Crippen LogP contribution is -2.35. The number of H-pyrrole nitrogens is 1. The molecule has 6 N–H and O–H groups in total. The Morgan fingerprint density at radius 2 is 2.09 bits per heavy atom. The van der Waals surface area contributed by atoms with Crippen molar-refractivity contribution in [1.82, 2.24) is 24.8 Å². The minimum Gasteiger partial charge on any atom is -0.370 e. The van der Waals surface area contributed by atoms with Crippen LogP contribution in [-0.4, -0.2) is 64.8 Å². The molecule has 1 aromatic carbocycles. The maximum Gasteiger partial charge on any atom is 0.354 e. The molecule has 10 heteroatoms. The first-order chi connectivity index (χ1) is 17.0. The molecule has 9 nitrogen and oxygen atoms in total. The van der Waals surface area contributed by atoms with Crippen LogP contribution in [0.3, 0.4) is 0 Å². The number of piperidine rings is 1. The number of likely N-dealkylation sites (tertiary alicyclic amines) is 1. The molecule has 1 atom stereocenters. The van der Waals surface area contributed by atoms with E-state index in [0.29, 0.717) is 24.5 Å². The normalized spacial score (nSPS) is 16.5. The molecule has 0 saturated carbocycles. The van der Waals surface area contributed by atoms with Gasteiger partial charge in [-0.05, 0) is 62.5 Å². The smallest absolute Gasteiger partial charge is 0.354 e. The van der Waals surface area contributed by atoms with Crippen LogP contribution in [0.15, 0.2) is 46.3 Å². The quantitative estimate of drug-likeness (QED) is 0.188. The highest BCUT2D eigenvalue weighted by atomic mass is 19.1. The van der Waals surface area contributed by atoms with E-state index < -0.39 is 0 Å². The fourth-order valence-electron chi connectivity index (χ4n) is 4.64. The van der Waals surface area contributed by atoms with Gasteiger partial charge in [-0.2, -0.15) is 4.98 Å². The van der Waals surface area contributed by atoms with E-state index in [2.05, 4.69) is 31.2 Å². The summed E-state index contributed by atoms with van der Waals surface area (Å²) in [6, 6.07) is 9.98. The van der Waals surface area contributed by atoms with E-state index in [9.17, 15) is 9.18 Å². The standard InChI is InChI=1S/C25H35FN8O/c26-9-2-13-33-12-1-4-19(16-33)22-14-20-17-34(25(35)32-23(20)31-22)21-7-5-18(6-8-21)15-29-10-3-11-30-24(27)28/h5-8,14,17,19,29H,1-4,9-13,15-16H2,(H4,27,28,30)(H,31,32,35). The van der Waals surface area contributed by atoms with Gasteiger partial charge in [0.25, 0.3) is 0 Å². The Morgan fingerprint density at radius 1 is 1.26 bits per heavy atom. The summed E-state index contributed by atoms with van der Waals surface area (Å²) in [5.74, 6) is 0.456. The van der Waals surface area contributed by atoms with E-state index in [4.69, 9.17) is 11.5 Å². The SMILES string of the molecule is NC(N)=NCCCNCc1ccc(-n2cc3cc(C4CCCN(CCCF)C4)[nH]c3nc2=O)cc1. The molecule has 0 radical (unpaired) electrons. The summed E-state index contributed by atoms with van der Waals surface area (Å²) in [5.41, 5.74) is 13.9. The molecular formula is C25H35FN8O. The van der Waals surface area contributed by atoms with E-state index >= 15 is 0 Å². The largest absolute Gasteiger partial charge is 0.370 e. The first-order valence-corrected chi connectivity index (χ1v) is 12.3. The predicted octanol–water partition coefficient (Wildman–Crippen LogP) is 2.01. The second-order valence-corrected chi connectivity index (χ2v) is 9.11. The minimum absolute atomic E-state index is 0.116. The Balaban J connectivity index is 1.41. The number of nitrogens with zero attached hydrogens (tertiary/aromatic N) is 4. The molecule has 35 heavy (non-hydrogen) atoms. The molecule has 0 amide bonds. The summed E-state index contributed by atoms with van der Waals surface area (Å²) in [4.78, 5) is 26.7. The number of benzene rings is 1. The molecule has 188 valence electrons. The van der Waals surface area contributed by atoms with Crippen molar-refractivity contribution < 1.29 is 4.39 Å². The number of fused-ring (bicyclic) bond motifs is 1. The molecule has 0 aliphatic carbocycles. The number of guanidine groups is 1. The Bertz CT molecular complexity index is 1180. The van der Waals surface area contributed by atoms with Crippen molar-refractivity contribution in [2.75, 3.05) is 39.4 Å². The topological polar surface area (TPSA) is 130 Å². The predicted molar refractivity (Wildman–Crippen MR) is 138 cm³/mol. The number of hydrogen-bond acceptors (Lipinski definition) is 5. The van der Waals surface area contributed by atoms with Gasteiger partial charge in [0.1, 0.15) is 5.65 Å². The van der Waals surface area contributed by atoms with Crippen molar-refractivity contribution in [3.63, 3.8) is 0 Å². The van der Waals surface area contributed by atoms with Gasteiger partial charge in [-0.1, -0.05) is 12.1 Å². The molecule has 2 aromatic heterocycles. The Kier molecular flexibility index (Phi) is 8.49. The highest BCUT2D eigenvalue weighted by Crippen LogP contribution is 2.28. The highest BCUT2D eigenvalue weighted by molar-refractivity contribution is 5.76. The van der Waals surface area contributed by atoms with Crippen molar-refractivity contribution in [2.45, 2.75) is 38.1 Å². The zero-order valence-electron chi connectivity index (χ0n) is 20.0. The summed E-state index contributed by atoms with van der Waals surface area (Å²) in [7, 11) is 0. The number of halogens is 1. The van der Waals surface area contributed by atoms with E-state index in [-0.39, 0.29) is 18.3 Å². The van der Waals surface area contributed by atoms with Gasteiger partial charge in [-0.15, -0.1) is 0 Å². The number of nitrogens with two attached hydrogens (primary N) is 2. The molecule has 3 aromatic rings. The fourth-order valence-corrected chi connectivity index (χ4v) is 4.64. The van der Waals surface area contributed by atoms with Crippen LogP contribution in [0.4, 0.5) is 4.39 Å². The van der Waals surface area contributed by atoms with Gasteiger partial charge in [-0.3, -0.25) is 13.9 Å². The summed E-state index contributed by atoms with van der Waals surface area (Å²) in [6.07, 6.45) is 5.45. The Hall–Kier alpha value is -3.24. The van der Waals surface area contributed by atoms with Crippen LogP contribution < -0.4 is 22.5 Å². The number of aromatic amines is 1. The average Bonchev–Trinajstić information content (AvgIpc) is 3.28. The number of hydrogen-bond donors (Lipinski definition) is 4. The zero-order chi connectivity index (χ0) is 24.6. The lowest BCUT2D eigenvalue weighted by molar-refractivity contribution is 0.198. The zero-order valence-corrected chi connectivity index (χ0v) is 20.0. The molecule has 0 spiro atoms. The number of nitrogens with one attached hydrogen (secondary N) is 2. The van der Waals surface area contributed by atoms with E-state index in [1.54, 1.807) is 4.57 Å². The van der Waals surface area contributed by atoms with Crippen LogP contribution in [0.1, 0.15) is 42.9 Å². The summed E-state index contributed by atoms with van der Waals surface area (Å²) >= 11 is 0. The Morgan fingerprint density at radius 3 is 2.86 bits per heavy atom. The average molecular weight is 483 g/mol. The maximum absolute atomic E-state index is 12.7. The third kappa shape index (κ3) is 6.67. The van der Waals surface area contributed by atoms with E-state index in [0.717, 1.165) is 74.3 Å². The maximum atomic E-state index is 12.7. The second-order valence-electron chi connectivity index (χ2n) is 9.11. The van der Waals surface area contributed by atoms with Crippen molar-refractivity contribution >= 4 is 17.0 Å². The molecule has 4 rings (SSSR count). The molecule has 1 aliphatic heterocycles. The van der Waals surface area contributed by atoms with Crippen LogP contribution in [0.2, 0.25) is 0 Å². The van der Waals surface area contributed by atoms with Crippen LogP contribution in [0.5, 0.6) is 0 Å². The van der Waals surface area contributed by atoms with Crippen LogP contribution in [-0.2, 0) is 6.54 Å². The van der Waals surface area contributed by atoms with Gasteiger partial charge in [-0.25, -0.2) is 4.79 Å². The van der Waals surface area contributed by atoms with Crippen molar-refractivity contribution in [3.05, 3.63) is 58.3 Å². The van der Waals surface area contributed by atoms with E-state index in [1.165, 1.54) is 0 Å². The summed E-state index contributed by atoms with van der Waals surface area (Å²) in [5, 5.41) is 4.27. The molecular weight excluding hydrogens is 447 g/mol. The molecule has 3 heterocycles. The van der Waals surface area contributed by atoms with Gasteiger partial charge in [0, 0.05) is 49.4 Å². The third-order valence-electron chi connectivity index (χ3n) is 6.43. The summed E-state index contributed by atoms with van der Waals surface area (Å²) in [6.45, 7) is 4.57. The van der Waals surface area contributed by atoms with Crippen LogP contribution >= 0.6 is 0 Å². The number of alkyl halides is 1. The molecule has 0 bridgehead atoms. The second kappa shape index (κ2) is 11.9. The Labute approximate surface area is 204 Å². The van der Waals surface area contributed by atoms with Gasteiger partial charge in [0.05, 0.1) is 12.4 Å². The number of aliphatic imine (C=N–C) groups is 1. The third-order valence-corrected chi connectivity index (χ3v) is 6.43. The first kappa shape index (κ1) is 24.9. The summed E-state index contributed by atoms with van der Waals surface area (Å²) < 4.78 is 14.2. The van der Waals surface area contributed by atoms with Crippen molar-refractivity contribution in [1.29, 1.82) is 0 Å². The van der Waals surface area contributed by atoms with Crippen molar-refractivity contribution in [3.8, 4) is 5.69 Å². The van der Waals surface area contributed by atoms with Gasteiger partial charge >= 0.3 is 5.69 Å². The van der Waals surface area contributed by atoms with Crippen molar-refractivity contribution in [2.24, 2.45) is 16.5 Å². The van der Waals surface area contributed by atoms with E-state index in [1.807, 2.05) is 30.5 Å². The molecule has 1 aliphatic rings. The highest BCUT2D eigenvalue weighted by Gasteiger charge is 2.23. The van der Waals surface area contributed by atoms with Gasteiger partial charge in [0.15, 0.2) is 5.96 Å². The minimum atomic E-state index is -0.315. The fraction of sp³-hybridized carbons (Fsp3) is 0.480. The molecule has 1 saturated heterocycles. The number of rotatable bonds is 11. The molecule has 1 fully saturated rings. The monoisotopic (exact) mass is 482 g/mol. The van der Waals surface area contributed by atoms with Gasteiger partial charge in [0.2, 0.25) is 0 Å². The molecule has 1 unspecified atom stereocenters. The van der Waals surface area contributed by atoms with Crippen LogP contribution in [0.25, 0.3) is 16.7 Å². The number of aromatic nitrogens is 3. The van der Waals surface area contributed by atoms with Crippen LogP contribution in [0, 0.1) is 0 Å². The van der Waals surface area contributed by atoms with Gasteiger partial charge < -0.3 is 26.7 Å². The first-order valence-electron chi connectivity index (χ1n) is 12.3.